The molecule has 0 radical (unpaired) electrons. The monoisotopic (exact) mass is 426 g/mol. The van der Waals surface area contributed by atoms with E-state index in [1.165, 1.54) is 7.11 Å². The molecule has 0 fully saturated rings. The van der Waals surface area contributed by atoms with Crippen LogP contribution in [0.2, 0.25) is 0 Å². The number of ether oxygens (including phenoxy) is 2. The predicted octanol–water partition coefficient (Wildman–Crippen LogP) is 3.23. The van der Waals surface area contributed by atoms with Crippen molar-refractivity contribution in [2.24, 2.45) is 5.92 Å². The number of carbonyl (C=O) groups excluding carboxylic acids is 3. The molecule has 2 amide bonds. The summed E-state index contributed by atoms with van der Waals surface area (Å²) in [6, 6.07) is 16.9. The molecule has 0 heterocycles. The molecule has 7 nitrogen and oxygen atoms in total. The second kappa shape index (κ2) is 12.4. The van der Waals surface area contributed by atoms with Crippen molar-refractivity contribution in [1.29, 1.82) is 0 Å². The fraction of sp³-hybridized carbons (Fsp3) is 0.375. The summed E-state index contributed by atoms with van der Waals surface area (Å²) in [6.45, 7) is 3.87. The third kappa shape index (κ3) is 7.77. The molecule has 7 heteroatoms. The Kier molecular flexibility index (Phi) is 9.55. The lowest BCUT2D eigenvalue weighted by Gasteiger charge is -2.25. The number of benzene rings is 2. The highest BCUT2D eigenvalue weighted by atomic mass is 16.5. The normalized spacial score (nSPS) is 13.4. The van der Waals surface area contributed by atoms with Crippen LogP contribution >= 0.6 is 0 Å². The first-order valence-corrected chi connectivity index (χ1v) is 10.3. The smallest absolute Gasteiger partial charge is 0.408 e. The van der Waals surface area contributed by atoms with Crippen LogP contribution in [0.4, 0.5) is 4.79 Å². The van der Waals surface area contributed by atoms with Gasteiger partial charge in [-0.1, -0.05) is 80.9 Å². The van der Waals surface area contributed by atoms with Gasteiger partial charge >= 0.3 is 12.1 Å². The van der Waals surface area contributed by atoms with Gasteiger partial charge in [-0.15, -0.1) is 0 Å². The van der Waals surface area contributed by atoms with Crippen LogP contribution in [0.25, 0.3) is 0 Å². The summed E-state index contributed by atoms with van der Waals surface area (Å²) in [5, 5.41) is 5.36. The Morgan fingerprint density at radius 1 is 0.903 bits per heavy atom. The Morgan fingerprint density at radius 2 is 1.48 bits per heavy atom. The zero-order valence-corrected chi connectivity index (χ0v) is 18.2. The summed E-state index contributed by atoms with van der Waals surface area (Å²) in [6.07, 6.45) is 0.218. The molecule has 2 aromatic rings. The zero-order chi connectivity index (χ0) is 22.6. The van der Waals surface area contributed by atoms with Gasteiger partial charge in [0.15, 0.2) is 0 Å². The van der Waals surface area contributed by atoms with E-state index in [1.807, 2.05) is 74.5 Å². The first kappa shape index (κ1) is 23.9. The number of methoxy groups -OCH3 is 1. The standard InChI is InChI=1S/C24H30N2O5/c1-4-17(2)21(23(28)30-3)26-22(27)20(15-18-11-7-5-8-12-18)25-24(29)31-16-19-13-9-6-10-14-19/h5-14,17,20-21H,4,15-16H2,1-3H3,(H,25,29)(H,26,27)/t17-,20+,21+/m0/s1. The lowest BCUT2D eigenvalue weighted by atomic mass is 9.98. The Balaban J connectivity index is 2.10. The number of alkyl carbamates (subject to hydrolysis) is 1. The first-order valence-electron chi connectivity index (χ1n) is 10.3. The number of hydrogen-bond acceptors (Lipinski definition) is 5. The van der Waals surface area contributed by atoms with Crippen molar-refractivity contribution in [3.8, 4) is 0 Å². The predicted molar refractivity (Wildman–Crippen MR) is 117 cm³/mol. The maximum Gasteiger partial charge on any atom is 0.408 e. The third-order valence-corrected chi connectivity index (χ3v) is 5.07. The van der Waals surface area contributed by atoms with Crippen molar-refractivity contribution in [3.63, 3.8) is 0 Å². The molecule has 0 unspecified atom stereocenters. The van der Waals surface area contributed by atoms with Gasteiger partial charge in [-0.05, 0) is 17.0 Å². The molecule has 0 bridgehead atoms. The van der Waals surface area contributed by atoms with Crippen LogP contribution in [0, 0.1) is 5.92 Å². The molecule has 2 N–H and O–H groups in total. The summed E-state index contributed by atoms with van der Waals surface area (Å²) in [5.74, 6) is -1.12. The summed E-state index contributed by atoms with van der Waals surface area (Å²) in [7, 11) is 1.28. The molecule has 0 spiro atoms. The number of rotatable bonds is 10. The third-order valence-electron chi connectivity index (χ3n) is 5.07. The van der Waals surface area contributed by atoms with E-state index in [9.17, 15) is 14.4 Å². The van der Waals surface area contributed by atoms with Gasteiger partial charge in [0.25, 0.3) is 0 Å². The molecular weight excluding hydrogens is 396 g/mol. The fourth-order valence-corrected chi connectivity index (χ4v) is 3.02. The van der Waals surface area contributed by atoms with Crippen LogP contribution in [-0.2, 0) is 32.1 Å². The quantitative estimate of drug-likeness (QED) is 0.569. The van der Waals surface area contributed by atoms with E-state index < -0.39 is 30.1 Å². The van der Waals surface area contributed by atoms with Crippen molar-refractivity contribution in [2.45, 2.75) is 45.4 Å². The number of hydrogen-bond donors (Lipinski definition) is 2. The van der Waals surface area contributed by atoms with Crippen molar-refractivity contribution in [2.75, 3.05) is 7.11 Å². The van der Waals surface area contributed by atoms with E-state index in [-0.39, 0.29) is 18.9 Å². The molecule has 31 heavy (non-hydrogen) atoms. The SMILES string of the molecule is CC[C@H](C)[C@@H](NC(=O)[C@@H](Cc1ccccc1)NC(=O)OCc1ccccc1)C(=O)OC. The Bertz CT molecular complexity index is 842. The molecule has 0 aliphatic rings. The van der Waals surface area contributed by atoms with Gasteiger partial charge in [0, 0.05) is 6.42 Å². The van der Waals surface area contributed by atoms with E-state index in [0.717, 1.165) is 11.1 Å². The summed E-state index contributed by atoms with van der Waals surface area (Å²) in [4.78, 5) is 37.6. The number of carbonyl (C=O) groups is 3. The molecule has 0 aromatic heterocycles. The zero-order valence-electron chi connectivity index (χ0n) is 18.2. The lowest BCUT2D eigenvalue weighted by Crippen LogP contribution is -2.54. The second-order valence-corrected chi connectivity index (χ2v) is 7.34. The summed E-state index contributed by atoms with van der Waals surface area (Å²) in [5.41, 5.74) is 1.70. The highest BCUT2D eigenvalue weighted by molar-refractivity contribution is 5.90. The molecule has 0 aliphatic heterocycles. The molecule has 2 rings (SSSR count). The van der Waals surface area contributed by atoms with E-state index >= 15 is 0 Å². The van der Waals surface area contributed by atoms with Gasteiger partial charge in [-0.3, -0.25) is 4.79 Å². The number of amides is 2. The average Bonchev–Trinajstić information content (AvgIpc) is 2.81. The minimum Gasteiger partial charge on any atom is -0.467 e. The molecule has 0 saturated heterocycles. The highest BCUT2D eigenvalue weighted by Crippen LogP contribution is 2.11. The van der Waals surface area contributed by atoms with Crippen LogP contribution in [0.5, 0.6) is 0 Å². The maximum absolute atomic E-state index is 13.0. The second-order valence-electron chi connectivity index (χ2n) is 7.34. The van der Waals surface area contributed by atoms with Gasteiger partial charge in [0.05, 0.1) is 7.11 Å². The number of nitrogens with one attached hydrogen (secondary N) is 2. The van der Waals surface area contributed by atoms with Gasteiger partial charge < -0.3 is 20.1 Å². The van der Waals surface area contributed by atoms with Crippen LogP contribution in [0.15, 0.2) is 60.7 Å². The van der Waals surface area contributed by atoms with Crippen molar-refractivity contribution < 1.29 is 23.9 Å². The largest absolute Gasteiger partial charge is 0.467 e. The summed E-state index contributed by atoms with van der Waals surface area (Å²) < 4.78 is 10.1. The highest BCUT2D eigenvalue weighted by Gasteiger charge is 2.30. The van der Waals surface area contributed by atoms with Crippen molar-refractivity contribution in [1.82, 2.24) is 10.6 Å². The Hall–Kier alpha value is -3.35. The van der Waals surface area contributed by atoms with Crippen molar-refractivity contribution in [3.05, 3.63) is 71.8 Å². The molecule has 0 aliphatic carbocycles. The molecule has 166 valence electrons. The fourth-order valence-electron chi connectivity index (χ4n) is 3.02. The Morgan fingerprint density at radius 3 is 2.03 bits per heavy atom. The van der Waals surface area contributed by atoms with E-state index in [2.05, 4.69) is 10.6 Å². The molecule has 2 aromatic carbocycles. The van der Waals surface area contributed by atoms with Gasteiger partial charge in [0.1, 0.15) is 18.7 Å². The molecular formula is C24H30N2O5. The van der Waals surface area contributed by atoms with E-state index in [0.29, 0.717) is 6.42 Å². The summed E-state index contributed by atoms with van der Waals surface area (Å²) >= 11 is 0. The lowest BCUT2D eigenvalue weighted by molar-refractivity contribution is -0.146. The minimum atomic E-state index is -0.915. The van der Waals surface area contributed by atoms with Crippen molar-refractivity contribution >= 4 is 18.0 Å². The topological polar surface area (TPSA) is 93.7 Å². The number of esters is 1. The van der Waals surface area contributed by atoms with E-state index in [1.54, 1.807) is 0 Å². The van der Waals surface area contributed by atoms with Gasteiger partial charge in [-0.2, -0.15) is 0 Å². The first-order chi connectivity index (χ1) is 14.9. The average molecular weight is 427 g/mol. The van der Waals surface area contributed by atoms with Gasteiger partial charge in [0.2, 0.25) is 5.91 Å². The van der Waals surface area contributed by atoms with Crippen LogP contribution in [0.1, 0.15) is 31.4 Å². The molecule has 3 atom stereocenters. The van der Waals surface area contributed by atoms with E-state index in [4.69, 9.17) is 9.47 Å². The van der Waals surface area contributed by atoms with Crippen LogP contribution in [-0.4, -0.2) is 37.2 Å². The van der Waals surface area contributed by atoms with Crippen LogP contribution < -0.4 is 10.6 Å². The molecule has 0 saturated carbocycles. The minimum absolute atomic E-state index is 0.0873. The Labute approximate surface area is 183 Å². The van der Waals surface area contributed by atoms with Crippen LogP contribution in [0.3, 0.4) is 0 Å². The van der Waals surface area contributed by atoms with Gasteiger partial charge in [-0.25, -0.2) is 9.59 Å². The maximum atomic E-state index is 13.0.